The van der Waals surface area contributed by atoms with Crippen molar-refractivity contribution in [1.29, 1.82) is 0 Å². The lowest BCUT2D eigenvalue weighted by atomic mass is 9.93. The SMILES string of the molecule is Cc1ccc2ncc(C(=O)NOCc3ccccc3)c(NCCC3CCN(C(=O)N=O)CC3)c2c1. The third-order valence-corrected chi connectivity index (χ3v) is 6.33. The number of rotatable bonds is 8. The Balaban J connectivity index is 1.42. The lowest BCUT2D eigenvalue weighted by Gasteiger charge is -2.30. The molecule has 0 atom stereocenters. The van der Waals surface area contributed by atoms with Gasteiger partial charge < -0.3 is 10.2 Å². The van der Waals surface area contributed by atoms with E-state index in [0.29, 0.717) is 31.1 Å². The first-order valence-corrected chi connectivity index (χ1v) is 11.8. The number of hydrogen-bond donors (Lipinski definition) is 2. The molecule has 3 aromatic rings. The van der Waals surface area contributed by atoms with Crippen LogP contribution in [0, 0.1) is 17.7 Å². The fourth-order valence-corrected chi connectivity index (χ4v) is 4.36. The summed E-state index contributed by atoms with van der Waals surface area (Å²) in [5.74, 6) is 0.0482. The summed E-state index contributed by atoms with van der Waals surface area (Å²) >= 11 is 0. The highest BCUT2D eigenvalue weighted by atomic mass is 16.6. The molecule has 9 nitrogen and oxygen atoms in total. The van der Waals surface area contributed by atoms with Crippen LogP contribution in [0.1, 0.15) is 40.7 Å². The largest absolute Gasteiger partial charge is 0.384 e. The van der Waals surface area contributed by atoms with Gasteiger partial charge in [0.1, 0.15) is 0 Å². The number of nitrogens with one attached hydrogen (secondary N) is 2. The maximum absolute atomic E-state index is 13.0. The summed E-state index contributed by atoms with van der Waals surface area (Å²) in [6, 6.07) is 14.9. The Bertz CT molecular complexity index is 1190. The molecule has 1 fully saturated rings. The van der Waals surface area contributed by atoms with Crippen molar-refractivity contribution >= 4 is 28.5 Å². The molecule has 0 aliphatic carbocycles. The highest BCUT2D eigenvalue weighted by Gasteiger charge is 2.23. The second-order valence-electron chi connectivity index (χ2n) is 8.79. The van der Waals surface area contributed by atoms with Gasteiger partial charge >= 0.3 is 6.03 Å². The number of hydroxylamine groups is 1. The second-order valence-corrected chi connectivity index (χ2v) is 8.79. The topological polar surface area (TPSA) is 113 Å². The number of piperidine rings is 1. The van der Waals surface area contributed by atoms with E-state index in [-0.39, 0.29) is 12.5 Å². The summed E-state index contributed by atoms with van der Waals surface area (Å²) in [5, 5.41) is 6.84. The quantitative estimate of drug-likeness (QED) is 0.357. The van der Waals surface area contributed by atoms with Crippen molar-refractivity contribution in [3.8, 4) is 0 Å². The molecule has 2 heterocycles. The zero-order chi connectivity index (χ0) is 24.6. The average Bonchev–Trinajstić information content (AvgIpc) is 2.89. The predicted octanol–water partition coefficient (Wildman–Crippen LogP) is 4.81. The predicted molar refractivity (Wildman–Crippen MR) is 134 cm³/mol. The van der Waals surface area contributed by atoms with Crippen molar-refractivity contribution in [2.45, 2.75) is 32.8 Å². The molecule has 1 saturated heterocycles. The molecular weight excluding hydrogens is 446 g/mol. The van der Waals surface area contributed by atoms with Crippen LogP contribution in [0.3, 0.4) is 0 Å². The van der Waals surface area contributed by atoms with Crippen molar-refractivity contribution in [1.82, 2.24) is 15.4 Å². The van der Waals surface area contributed by atoms with E-state index in [4.69, 9.17) is 4.84 Å². The standard InChI is InChI=1S/C26H29N5O4/c1-18-7-8-23-21(15-18)24(27-12-9-19-10-13-31(14-11-19)26(33)29-34)22(16-28-23)25(32)30-35-17-20-5-3-2-4-6-20/h2-8,15-16,19H,9-14,17H2,1H3,(H,27,28)(H,30,32). The van der Waals surface area contributed by atoms with Gasteiger partial charge in [-0.1, -0.05) is 42.0 Å². The number of amides is 3. The molecule has 0 spiro atoms. The minimum absolute atomic E-state index is 0.260. The maximum atomic E-state index is 13.0. The zero-order valence-electron chi connectivity index (χ0n) is 19.7. The van der Waals surface area contributed by atoms with Crippen LogP contribution in [0.5, 0.6) is 0 Å². The van der Waals surface area contributed by atoms with Crippen LogP contribution in [-0.4, -0.2) is 41.5 Å². The number of pyridine rings is 1. The summed E-state index contributed by atoms with van der Waals surface area (Å²) < 4.78 is 0. The molecule has 0 unspecified atom stereocenters. The minimum atomic E-state index is -0.690. The Hall–Kier alpha value is -3.85. The molecule has 0 saturated carbocycles. The summed E-state index contributed by atoms with van der Waals surface area (Å²) in [4.78, 5) is 46.3. The Kier molecular flexibility index (Phi) is 7.99. The number of aryl methyl sites for hydroxylation is 1. The van der Waals surface area contributed by atoms with Crippen molar-refractivity contribution in [2.24, 2.45) is 11.1 Å². The van der Waals surface area contributed by atoms with Gasteiger partial charge in [0, 0.05) is 36.4 Å². The number of nitroso groups, excluding NO2 is 1. The lowest BCUT2D eigenvalue weighted by Crippen LogP contribution is -2.37. The molecule has 0 bridgehead atoms. The van der Waals surface area contributed by atoms with Crippen molar-refractivity contribution in [3.05, 3.63) is 76.3 Å². The third kappa shape index (κ3) is 6.19. The first-order chi connectivity index (χ1) is 17.0. The van der Waals surface area contributed by atoms with Crippen molar-refractivity contribution in [2.75, 3.05) is 25.0 Å². The van der Waals surface area contributed by atoms with Crippen LogP contribution in [0.25, 0.3) is 10.9 Å². The van der Waals surface area contributed by atoms with Gasteiger partial charge in [-0.05, 0) is 49.8 Å². The number of benzene rings is 2. The molecule has 182 valence electrons. The average molecular weight is 476 g/mol. The Morgan fingerprint density at radius 2 is 1.91 bits per heavy atom. The molecule has 0 radical (unpaired) electrons. The number of urea groups is 1. The van der Waals surface area contributed by atoms with E-state index in [2.05, 4.69) is 21.0 Å². The molecule has 2 N–H and O–H groups in total. The van der Waals surface area contributed by atoms with E-state index in [1.807, 2.05) is 55.5 Å². The van der Waals surface area contributed by atoms with Gasteiger partial charge in [0.15, 0.2) is 0 Å². The van der Waals surface area contributed by atoms with Crippen LogP contribution in [0.2, 0.25) is 0 Å². The highest BCUT2D eigenvalue weighted by molar-refractivity contribution is 6.06. The monoisotopic (exact) mass is 475 g/mol. The zero-order valence-corrected chi connectivity index (χ0v) is 19.7. The Morgan fingerprint density at radius 3 is 2.66 bits per heavy atom. The number of hydrogen-bond acceptors (Lipinski definition) is 6. The minimum Gasteiger partial charge on any atom is -0.384 e. The van der Waals surface area contributed by atoms with E-state index < -0.39 is 6.03 Å². The van der Waals surface area contributed by atoms with E-state index in [1.165, 1.54) is 4.90 Å². The fourth-order valence-electron chi connectivity index (χ4n) is 4.36. The van der Waals surface area contributed by atoms with Crippen LogP contribution in [-0.2, 0) is 11.4 Å². The molecular formula is C26H29N5O4. The van der Waals surface area contributed by atoms with Crippen LogP contribution in [0.4, 0.5) is 10.5 Å². The van der Waals surface area contributed by atoms with E-state index in [9.17, 15) is 14.5 Å². The van der Waals surface area contributed by atoms with Crippen LogP contribution in [0.15, 0.2) is 59.9 Å². The van der Waals surface area contributed by atoms with Gasteiger partial charge in [0.25, 0.3) is 5.91 Å². The number of carbonyl (C=O) groups is 2. The van der Waals surface area contributed by atoms with E-state index in [0.717, 1.165) is 47.0 Å². The normalized spacial score (nSPS) is 14.0. The third-order valence-electron chi connectivity index (χ3n) is 6.33. The summed E-state index contributed by atoms with van der Waals surface area (Å²) in [6.45, 7) is 4.00. The number of carbonyl (C=O) groups excluding carboxylic acids is 2. The molecule has 4 rings (SSSR count). The van der Waals surface area contributed by atoms with Gasteiger partial charge in [-0.25, -0.2) is 10.3 Å². The van der Waals surface area contributed by atoms with E-state index >= 15 is 0 Å². The van der Waals surface area contributed by atoms with E-state index in [1.54, 1.807) is 6.20 Å². The van der Waals surface area contributed by atoms with Gasteiger partial charge in [0.2, 0.25) is 0 Å². The first kappa shape index (κ1) is 24.3. The molecule has 1 aromatic heterocycles. The molecule has 1 aliphatic heterocycles. The van der Waals surface area contributed by atoms with Crippen molar-refractivity contribution in [3.63, 3.8) is 0 Å². The van der Waals surface area contributed by atoms with Gasteiger partial charge in [-0.15, -0.1) is 4.91 Å². The number of aromatic nitrogens is 1. The van der Waals surface area contributed by atoms with Gasteiger partial charge in [-0.2, -0.15) is 0 Å². The van der Waals surface area contributed by atoms with Gasteiger partial charge in [-0.3, -0.25) is 14.6 Å². The van der Waals surface area contributed by atoms with Gasteiger partial charge in [0.05, 0.1) is 23.4 Å². The smallest absolute Gasteiger partial charge is 0.381 e. The maximum Gasteiger partial charge on any atom is 0.381 e. The molecule has 35 heavy (non-hydrogen) atoms. The first-order valence-electron chi connectivity index (χ1n) is 11.8. The number of anilines is 1. The molecule has 1 aliphatic rings. The number of nitrogens with zero attached hydrogens (tertiary/aromatic N) is 3. The summed E-state index contributed by atoms with van der Waals surface area (Å²) in [7, 11) is 0. The number of likely N-dealkylation sites (tertiary alicyclic amines) is 1. The fraction of sp³-hybridized carbons (Fsp3) is 0.346. The summed E-state index contributed by atoms with van der Waals surface area (Å²) in [6.07, 6.45) is 4.08. The molecule has 3 amide bonds. The number of fused-ring (bicyclic) bond motifs is 1. The molecule has 9 heteroatoms. The lowest BCUT2D eigenvalue weighted by molar-refractivity contribution is 0.0234. The van der Waals surface area contributed by atoms with Crippen molar-refractivity contribution < 1.29 is 14.4 Å². The highest BCUT2D eigenvalue weighted by Crippen LogP contribution is 2.28. The second kappa shape index (κ2) is 11.5. The Labute approximate surface area is 203 Å². The molecule has 2 aromatic carbocycles. The Morgan fingerprint density at radius 1 is 1.14 bits per heavy atom. The van der Waals surface area contributed by atoms with Crippen LogP contribution < -0.4 is 10.8 Å². The summed E-state index contributed by atoms with van der Waals surface area (Å²) in [5.41, 5.74) is 6.49. The van der Waals surface area contributed by atoms with Crippen LogP contribution >= 0.6 is 0 Å².